The van der Waals surface area contributed by atoms with Crippen LogP contribution in [0.1, 0.15) is 31.7 Å². The summed E-state index contributed by atoms with van der Waals surface area (Å²) in [5.41, 5.74) is -0.0411. The Hall–Kier alpha value is -0.450. The highest BCUT2D eigenvalue weighted by Crippen LogP contribution is 2.32. The number of hydrogen-bond donors (Lipinski definition) is 1. The Bertz CT molecular complexity index is 292. The van der Waals surface area contributed by atoms with Crippen LogP contribution in [-0.2, 0) is 10.3 Å². The Kier molecular flexibility index (Phi) is 3.38. The van der Waals surface area contributed by atoms with E-state index in [0.29, 0.717) is 6.04 Å². The standard InChI is InChI=1S/C11H18N2OS/c1-9(2)13-11(4-3-6-14-8-11)10-12-5-7-15-10/h5,7,9,13H,3-4,6,8H2,1-2H3. The number of hydrogen-bond acceptors (Lipinski definition) is 4. The van der Waals surface area contributed by atoms with E-state index < -0.39 is 0 Å². The van der Waals surface area contributed by atoms with E-state index in [9.17, 15) is 0 Å². The summed E-state index contributed by atoms with van der Waals surface area (Å²) < 4.78 is 5.61. The van der Waals surface area contributed by atoms with Crippen molar-refractivity contribution in [1.29, 1.82) is 0 Å². The Balaban J connectivity index is 2.21. The molecule has 1 aromatic rings. The van der Waals surface area contributed by atoms with E-state index in [1.165, 1.54) is 0 Å². The maximum atomic E-state index is 5.61. The first-order valence-electron chi connectivity index (χ1n) is 5.48. The van der Waals surface area contributed by atoms with E-state index in [0.717, 1.165) is 31.1 Å². The Morgan fingerprint density at radius 3 is 3.00 bits per heavy atom. The largest absolute Gasteiger partial charge is 0.379 e. The summed E-state index contributed by atoms with van der Waals surface area (Å²) in [5.74, 6) is 0. The normalized spacial score (nSPS) is 27.1. The highest BCUT2D eigenvalue weighted by atomic mass is 32.1. The minimum atomic E-state index is -0.0411. The summed E-state index contributed by atoms with van der Waals surface area (Å²) in [5, 5.41) is 6.82. The third kappa shape index (κ3) is 2.38. The molecule has 0 amide bonds. The zero-order valence-electron chi connectivity index (χ0n) is 9.32. The monoisotopic (exact) mass is 226 g/mol. The molecule has 0 aromatic carbocycles. The van der Waals surface area contributed by atoms with Gasteiger partial charge in [0, 0.05) is 24.2 Å². The van der Waals surface area contributed by atoms with Gasteiger partial charge in [-0.3, -0.25) is 0 Å². The summed E-state index contributed by atoms with van der Waals surface area (Å²) in [7, 11) is 0. The average Bonchev–Trinajstić information content (AvgIpc) is 2.71. The summed E-state index contributed by atoms with van der Waals surface area (Å²) in [4.78, 5) is 4.44. The minimum absolute atomic E-state index is 0.0411. The molecule has 84 valence electrons. The van der Waals surface area contributed by atoms with Gasteiger partial charge in [0.2, 0.25) is 0 Å². The molecule has 0 bridgehead atoms. The fourth-order valence-electron chi connectivity index (χ4n) is 2.15. The van der Waals surface area contributed by atoms with Crippen LogP contribution < -0.4 is 5.32 Å². The molecule has 1 aliphatic rings. The Labute approximate surface area is 94.9 Å². The Morgan fingerprint density at radius 1 is 1.60 bits per heavy atom. The lowest BCUT2D eigenvalue weighted by Gasteiger charge is -2.37. The van der Waals surface area contributed by atoms with Crippen LogP contribution in [0.3, 0.4) is 0 Å². The van der Waals surface area contributed by atoms with Gasteiger partial charge in [-0.05, 0) is 26.7 Å². The highest BCUT2D eigenvalue weighted by Gasteiger charge is 2.37. The second-order valence-corrected chi connectivity index (χ2v) is 5.27. The lowest BCUT2D eigenvalue weighted by Crippen LogP contribution is -2.51. The van der Waals surface area contributed by atoms with Gasteiger partial charge in [0.05, 0.1) is 12.1 Å². The fraction of sp³-hybridized carbons (Fsp3) is 0.727. The highest BCUT2D eigenvalue weighted by molar-refractivity contribution is 7.09. The molecule has 0 aliphatic carbocycles. The van der Waals surface area contributed by atoms with Crippen LogP contribution in [0.15, 0.2) is 11.6 Å². The summed E-state index contributed by atoms with van der Waals surface area (Å²) >= 11 is 1.72. The topological polar surface area (TPSA) is 34.2 Å². The smallest absolute Gasteiger partial charge is 0.115 e. The lowest BCUT2D eigenvalue weighted by atomic mass is 9.92. The van der Waals surface area contributed by atoms with Crippen molar-refractivity contribution in [3.63, 3.8) is 0 Å². The van der Waals surface area contributed by atoms with Crippen molar-refractivity contribution in [2.45, 2.75) is 38.3 Å². The van der Waals surface area contributed by atoms with E-state index in [4.69, 9.17) is 4.74 Å². The average molecular weight is 226 g/mol. The SMILES string of the molecule is CC(C)NC1(c2nccs2)CCCOC1. The van der Waals surface area contributed by atoms with Crippen molar-refractivity contribution < 1.29 is 4.74 Å². The van der Waals surface area contributed by atoms with Gasteiger partial charge in [0.15, 0.2) is 0 Å². The first kappa shape index (κ1) is 11.0. The molecule has 1 unspecified atom stereocenters. The van der Waals surface area contributed by atoms with Gasteiger partial charge in [-0.25, -0.2) is 4.98 Å². The predicted octanol–water partition coefficient (Wildman–Crippen LogP) is 2.15. The molecule has 4 heteroatoms. The van der Waals surface area contributed by atoms with Crippen LogP contribution in [0, 0.1) is 0 Å². The number of rotatable bonds is 3. The van der Waals surface area contributed by atoms with Crippen LogP contribution in [0.4, 0.5) is 0 Å². The van der Waals surface area contributed by atoms with Crippen LogP contribution in [-0.4, -0.2) is 24.2 Å². The second-order valence-electron chi connectivity index (χ2n) is 4.37. The molecule has 0 saturated carbocycles. The summed E-state index contributed by atoms with van der Waals surface area (Å²) in [6.07, 6.45) is 4.11. The molecule has 1 fully saturated rings. The zero-order valence-corrected chi connectivity index (χ0v) is 10.1. The first-order valence-corrected chi connectivity index (χ1v) is 6.36. The van der Waals surface area contributed by atoms with E-state index in [1.807, 2.05) is 11.6 Å². The van der Waals surface area contributed by atoms with Gasteiger partial charge in [-0.1, -0.05) is 0 Å². The Morgan fingerprint density at radius 2 is 2.47 bits per heavy atom. The molecular formula is C11H18N2OS. The molecule has 2 heterocycles. The van der Waals surface area contributed by atoms with Crippen LogP contribution in [0.5, 0.6) is 0 Å². The number of nitrogens with zero attached hydrogens (tertiary/aromatic N) is 1. The fourth-order valence-corrected chi connectivity index (χ4v) is 2.97. The zero-order chi connectivity index (χ0) is 10.7. The molecule has 1 atom stereocenters. The first-order chi connectivity index (χ1) is 7.23. The molecule has 0 spiro atoms. The molecule has 0 radical (unpaired) electrons. The van der Waals surface area contributed by atoms with Gasteiger partial charge >= 0.3 is 0 Å². The van der Waals surface area contributed by atoms with Crippen LogP contribution >= 0.6 is 11.3 Å². The summed E-state index contributed by atoms with van der Waals surface area (Å²) in [6, 6.07) is 0.454. The van der Waals surface area contributed by atoms with E-state index in [2.05, 4.69) is 24.1 Å². The molecule has 1 N–H and O–H groups in total. The third-order valence-electron chi connectivity index (χ3n) is 2.65. The molecule has 1 aromatic heterocycles. The number of aromatic nitrogens is 1. The second kappa shape index (κ2) is 4.60. The van der Waals surface area contributed by atoms with Crippen molar-refractivity contribution in [2.75, 3.05) is 13.2 Å². The molecule has 1 aliphatic heterocycles. The van der Waals surface area contributed by atoms with Gasteiger partial charge < -0.3 is 10.1 Å². The van der Waals surface area contributed by atoms with Crippen LogP contribution in [0.2, 0.25) is 0 Å². The quantitative estimate of drug-likeness (QED) is 0.857. The number of nitrogens with one attached hydrogen (secondary N) is 1. The predicted molar refractivity (Wildman–Crippen MR) is 62.1 cm³/mol. The van der Waals surface area contributed by atoms with Gasteiger partial charge in [-0.2, -0.15) is 0 Å². The van der Waals surface area contributed by atoms with Gasteiger partial charge in [0.25, 0.3) is 0 Å². The van der Waals surface area contributed by atoms with Crippen molar-refractivity contribution >= 4 is 11.3 Å². The molecule has 15 heavy (non-hydrogen) atoms. The molecular weight excluding hydrogens is 208 g/mol. The number of thiazole rings is 1. The number of ether oxygens (including phenoxy) is 1. The minimum Gasteiger partial charge on any atom is -0.379 e. The third-order valence-corrected chi connectivity index (χ3v) is 3.62. The lowest BCUT2D eigenvalue weighted by molar-refractivity contribution is 0.0141. The molecule has 3 nitrogen and oxygen atoms in total. The van der Waals surface area contributed by atoms with Crippen LogP contribution in [0.25, 0.3) is 0 Å². The van der Waals surface area contributed by atoms with E-state index in [1.54, 1.807) is 11.3 Å². The van der Waals surface area contributed by atoms with Crippen molar-refractivity contribution in [3.8, 4) is 0 Å². The summed E-state index contributed by atoms with van der Waals surface area (Å²) in [6.45, 7) is 5.97. The van der Waals surface area contributed by atoms with E-state index >= 15 is 0 Å². The van der Waals surface area contributed by atoms with E-state index in [-0.39, 0.29) is 5.54 Å². The maximum absolute atomic E-state index is 5.61. The van der Waals surface area contributed by atoms with Crippen molar-refractivity contribution in [3.05, 3.63) is 16.6 Å². The molecule has 2 rings (SSSR count). The van der Waals surface area contributed by atoms with Gasteiger partial charge in [-0.15, -0.1) is 11.3 Å². The van der Waals surface area contributed by atoms with Crippen molar-refractivity contribution in [2.24, 2.45) is 0 Å². The molecule has 1 saturated heterocycles. The van der Waals surface area contributed by atoms with Crippen molar-refractivity contribution in [1.82, 2.24) is 10.3 Å². The maximum Gasteiger partial charge on any atom is 0.115 e. The van der Waals surface area contributed by atoms with Gasteiger partial charge in [0.1, 0.15) is 5.01 Å².